The van der Waals surface area contributed by atoms with Crippen LogP contribution in [0.5, 0.6) is 0 Å². The summed E-state index contributed by atoms with van der Waals surface area (Å²) in [6, 6.07) is 35.1. The van der Waals surface area contributed by atoms with Crippen LogP contribution in [0.1, 0.15) is 0 Å². The number of thiazole rings is 1. The Morgan fingerprint density at radius 2 is 1.28 bits per heavy atom. The van der Waals surface area contributed by atoms with Crippen molar-refractivity contribution >= 4 is 76.8 Å². The molecule has 170 valence electrons. The zero-order valence-corrected chi connectivity index (χ0v) is 19.8. The van der Waals surface area contributed by atoms with Gasteiger partial charge in [-0.1, -0.05) is 48.5 Å². The maximum Gasteiger partial charge on any atom is 0.145 e. The Labute approximate surface area is 209 Å². The number of furan rings is 2. The summed E-state index contributed by atoms with van der Waals surface area (Å²) in [5.41, 5.74) is 7.48. The second-order valence-corrected chi connectivity index (χ2v) is 9.95. The van der Waals surface area contributed by atoms with E-state index in [0.29, 0.717) is 0 Å². The topological polar surface area (TPSA) is 51.2 Å². The molecule has 8 rings (SSSR count). The van der Waals surface area contributed by atoms with Crippen LogP contribution in [0.4, 0.5) is 11.4 Å². The molecule has 1 N–H and O–H groups in total. The summed E-state index contributed by atoms with van der Waals surface area (Å²) < 4.78 is 13.5. The van der Waals surface area contributed by atoms with Gasteiger partial charge in [-0.2, -0.15) is 0 Å². The zero-order valence-electron chi connectivity index (χ0n) is 19.0. The van der Waals surface area contributed by atoms with Gasteiger partial charge >= 0.3 is 0 Å². The molecule has 4 nitrogen and oxygen atoms in total. The highest BCUT2D eigenvalue weighted by molar-refractivity contribution is 7.21. The fourth-order valence-corrected chi connectivity index (χ4v) is 5.99. The van der Waals surface area contributed by atoms with Crippen LogP contribution in [-0.2, 0) is 0 Å². The van der Waals surface area contributed by atoms with Crippen LogP contribution in [0.25, 0.3) is 64.7 Å². The summed E-state index contributed by atoms with van der Waals surface area (Å²) >= 11 is 1.68. The first-order chi connectivity index (χ1) is 17.8. The number of aromatic nitrogens is 1. The summed E-state index contributed by atoms with van der Waals surface area (Å²) in [6.45, 7) is 0. The van der Waals surface area contributed by atoms with E-state index in [4.69, 9.17) is 13.8 Å². The maximum atomic E-state index is 6.36. The highest BCUT2D eigenvalue weighted by Crippen LogP contribution is 2.41. The van der Waals surface area contributed by atoms with E-state index in [1.54, 1.807) is 11.3 Å². The average Bonchev–Trinajstić information content (AvgIpc) is 3.61. The largest absolute Gasteiger partial charge is 0.456 e. The number of rotatable bonds is 3. The van der Waals surface area contributed by atoms with Gasteiger partial charge in [-0.05, 0) is 54.6 Å². The molecule has 3 aromatic heterocycles. The lowest BCUT2D eigenvalue weighted by molar-refractivity contribution is 0.669. The van der Waals surface area contributed by atoms with Crippen molar-refractivity contribution in [3.8, 4) is 10.6 Å². The second-order valence-electron chi connectivity index (χ2n) is 8.92. The molecule has 3 heterocycles. The average molecular weight is 483 g/mol. The van der Waals surface area contributed by atoms with Crippen molar-refractivity contribution in [2.24, 2.45) is 0 Å². The van der Waals surface area contributed by atoms with E-state index in [1.807, 2.05) is 48.5 Å². The predicted octanol–water partition coefficient (Wildman–Crippen LogP) is 9.51. The Kier molecular flexibility index (Phi) is 4.07. The van der Waals surface area contributed by atoms with Gasteiger partial charge in [-0.3, -0.25) is 0 Å². The Balaban J connectivity index is 1.33. The van der Waals surface area contributed by atoms with Crippen LogP contribution in [0.3, 0.4) is 0 Å². The number of nitrogens with zero attached hydrogens (tertiary/aromatic N) is 1. The highest BCUT2D eigenvalue weighted by atomic mass is 32.1. The van der Waals surface area contributed by atoms with E-state index in [9.17, 15) is 0 Å². The van der Waals surface area contributed by atoms with Crippen molar-refractivity contribution < 1.29 is 8.83 Å². The molecule has 0 fully saturated rings. The molecule has 0 unspecified atom stereocenters. The van der Waals surface area contributed by atoms with Crippen LogP contribution >= 0.6 is 11.3 Å². The Bertz CT molecular complexity index is 2060. The number of hydrogen-bond acceptors (Lipinski definition) is 5. The summed E-state index contributed by atoms with van der Waals surface area (Å²) in [7, 11) is 0. The van der Waals surface area contributed by atoms with Crippen molar-refractivity contribution in [3.63, 3.8) is 0 Å². The molecule has 0 amide bonds. The predicted molar refractivity (Wildman–Crippen MR) is 149 cm³/mol. The molecular weight excluding hydrogens is 464 g/mol. The van der Waals surface area contributed by atoms with Crippen molar-refractivity contribution in [1.82, 2.24) is 4.98 Å². The molecular formula is C31H18N2O2S. The van der Waals surface area contributed by atoms with E-state index in [2.05, 4.69) is 59.9 Å². The number of hydrogen-bond donors (Lipinski definition) is 1. The molecule has 36 heavy (non-hydrogen) atoms. The second kappa shape index (κ2) is 7.44. The molecule has 0 aliphatic carbocycles. The fraction of sp³-hybridized carbons (Fsp3) is 0. The number of para-hydroxylation sites is 3. The number of anilines is 2. The first-order valence-electron chi connectivity index (χ1n) is 11.8. The van der Waals surface area contributed by atoms with Gasteiger partial charge in [0.2, 0.25) is 0 Å². The van der Waals surface area contributed by atoms with Gasteiger partial charge in [0.05, 0.1) is 15.8 Å². The first-order valence-corrected chi connectivity index (χ1v) is 12.6. The molecule has 0 bridgehead atoms. The van der Waals surface area contributed by atoms with Gasteiger partial charge in [-0.15, -0.1) is 11.3 Å². The zero-order chi connectivity index (χ0) is 23.6. The first kappa shape index (κ1) is 19.7. The smallest absolute Gasteiger partial charge is 0.145 e. The number of benzene rings is 5. The third-order valence-corrected chi connectivity index (χ3v) is 7.74. The monoisotopic (exact) mass is 482 g/mol. The minimum Gasteiger partial charge on any atom is -0.456 e. The van der Waals surface area contributed by atoms with Gasteiger partial charge in [0.25, 0.3) is 0 Å². The van der Waals surface area contributed by atoms with E-state index in [-0.39, 0.29) is 0 Å². The third-order valence-electron chi connectivity index (χ3n) is 6.67. The standard InChI is InChI=1S/C31H18N2O2S/c1-4-10-26-20(7-1)22-15-18(13-14-28(22)34-26)32-19-16-23-21-8-2-5-11-27(21)35-30(23)24(17-19)31-33-25-9-3-6-12-29(25)36-31/h1-17,32H. The van der Waals surface area contributed by atoms with Crippen LogP contribution in [0.2, 0.25) is 0 Å². The lowest BCUT2D eigenvalue weighted by atomic mass is 10.1. The van der Waals surface area contributed by atoms with E-state index in [0.717, 1.165) is 76.0 Å². The van der Waals surface area contributed by atoms with Crippen molar-refractivity contribution in [2.45, 2.75) is 0 Å². The van der Waals surface area contributed by atoms with Crippen LogP contribution in [0, 0.1) is 0 Å². The number of fused-ring (bicyclic) bond motifs is 7. The molecule has 5 heteroatoms. The van der Waals surface area contributed by atoms with Gasteiger partial charge in [0, 0.05) is 32.9 Å². The Hall–Kier alpha value is -4.61. The summed E-state index contributed by atoms with van der Waals surface area (Å²) in [5, 5.41) is 8.95. The van der Waals surface area contributed by atoms with Gasteiger partial charge in [-0.25, -0.2) is 4.98 Å². The minimum absolute atomic E-state index is 0.858. The summed E-state index contributed by atoms with van der Waals surface area (Å²) in [4.78, 5) is 4.94. The maximum absolute atomic E-state index is 6.36. The van der Waals surface area contributed by atoms with Crippen LogP contribution in [0.15, 0.2) is 112 Å². The fourth-order valence-electron chi connectivity index (χ4n) is 5.02. The Morgan fingerprint density at radius 3 is 2.14 bits per heavy atom. The molecule has 5 aromatic carbocycles. The minimum atomic E-state index is 0.858. The van der Waals surface area contributed by atoms with Crippen molar-refractivity contribution in [2.75, 3.05) is 5.32 Å². The molecule has 0 saturated carbocycles. The summed E-state index contributed by atoms with van der Waals surface area (Å²) in [6.07, 6.45) is 0. The van der Waals surface area contributed by atoms with Gasteiger partial charge < -0.3 is 14.2 Å². The molecule has 8 aromatic rings. The summed E-state index contributed by atoms with van der Waals surface area (Å²) in [5.74, 6) is 0. The van der Waals surface area contributed by atoms with Crippen LogP contribution < -0.4 is 5.32 Å². The lowest BCUT2D eigenvalue weighted by Crippen LogP contribution is -1.91. The van der Waals surface area contributed by atoms with E-state index in [1.165, 1.54) is 0 Å². The normalized spacial score (nSPS) is 11.9. The molecule has 0 radical (unpaired) electrons. The lowest BCUT2D eigenvalue weighted by Gasteiger charge is -2.09. The molecule has 0 saturated heterocycles. The molecule has 0 aliphatic heterocycles. The van der Waals surface area contributed by atoms with Gasteiger partial charge in [0.15, 0.2) is 0 Å². The third kappa shape index (κ3) is 2.96. The molecule has 0 aliphatic rings. The van der Waals surface area contributed by atoms with E-state index < -0.39 is 0 Å². The van der Waals surface area contributed by atoms with Gasteiger partial charge in [0.1, 0.15) is 27.3 Å². The van der Waals surface area contributed by atoms with Crippen LogP contribution in [-0.4, -0.2) is 4.98 Å². The highest BCUT2D eigenvalue weighted by Gasteiger charge is 2.17. The van der Waals surface area contributed by atoms with Crippen molar-refractivity contribution in [3.05, 3.63) is 103 Å². The Morgan fingerprint density at radius 1 is 0.583 bits per heavy atom. The quantitative estimate of drug-likeness (QED) is 0.272. The molecule has 0 atom stereocenters. The van der Waals surface area contributed by atoms with E-state index >= 15 is 0 Å². The molecule has 0 spiro atoms. The van der Waals surface area contributed by atoms with Crippen molar-refractivity contribution in [1.29, 1.82) is 0 Å². The number of nitrogens with one attached hydrogen (secondary N) is 1. The SMILES string of the molecule is c1ccc2sc(-c3cc(Nc4ccc5oc6ccccc6c5c4)cc4c3oc3ccccc34)nc2c1.